The van der Waals surface area contributed by atoms with E-state index in [1.165, 1.54) is 6.33 Å². The number of nitrogens with two attached hydrogens (primary N) is 1. The van der Waals surface area contributed by atoms with Crippen LogP contribution in [0.5, 0.6) is 0 Å². The normalized spacial score (nSPS) is 13.3. The molecule has 4 aromatic rings. The van der Waals surface area contributed by atoms with Crippen molar-refractivity contribution in [2.45, 2.75) is 26.4 Å². The fraction of sp³-hybridized carbons (Fsp3) is 0.190. The van der Waals surface area contributed by atoms with Gasteiger partial charge in [0.25, 0.3) is 0 Å². The van der Waals surface area contributed by atoms with Crippen LogP contribution in [-0.2, 0) is 6.54 Å². The molecule has 28 heavy (non-hydrogen) atoms. The molecule has 1 aromatic carbocycles. The van der Waals surface area contributed by atoms with Crippen molar-refractivity contribution in [1.29, 1.82) is 0 Å². The van der Waals surface area contributed by atoms with E-state index in [0.29, 0.717) is 12.4 Å². The molecule has 3 N–H and O–H groups in total. The highest BCUT2D eigenvalue weighted by atomic mass is 16.2. The van der Waals surface area contributed by atoms with Gasteiger partial charge in [0.1, 0.15) is 17.8 Å². The van der Waals surface area contributed by atoms with Gasteiger partial charge >= 0.3 is 6.03 Å². The van der Waals surface area contributed by atoms with Crippen molar-refractivity contribution in [1.82, 2.24) is 24.4 Å². The second kappa shape index (κ2) is 5.60. The molecule has 0 spiro atoms. The summed E-state index contributed by atoms with van der Waals surface area (Å²) in [6.07, 6.45) is 7.04. The van der Waals surface area contributed by atoms with Crippen molar-refractivity contribution in [2.24, 2.45) is 0 Å². The maximum atomic E-state index is 13.0. The van der Waals surface area contributed by atoms with E-state index in [0.717, 1.165) is 44.5 Å². The maximum absolute atomic E-state index is 13.0. The Labute approximate surface area is 161 Å². The van der Waals surface area contributed by atoms with Crippen LogP contribution in [0.25, 0.3) is 33.2 Å². The molecule has 1 aliphatic rings. The number of carbonyl (C=O) groups is 1. The highest BCUT2D eigenvalue weighted by Gasteiger charge is 2.30. The molecule has 7 heteroatoms. The van der Waals surface area contributed by atoms with Gasteiger partial charge in [0.15, 0.2) is 0 Å². The molecule has 0 aliphatic carbocycles. The van der Waals surface area contributed by atoms with Crippen LogP contribution in [0.2, 0.25) is 0 Å². The monoisotopic (exact) mass is 370 g/mol. The van der Waals surface area contributed by atoms with Crippen molar-refractivity contribution >= 4 is 33.8 Å². The van der Waals surface area contributed by atoms with E-state index in [2.05, 4.69) is 39.6 Å². The fourth-order valence-electron chi connectivity index (χ4n) is 4.14. The SMILES string of the molecule is C#Cc1ccc2cc3n(c2c1)C(=O)NCc1c-3c2c(N)ncnc2n1C(C)C. The topological polar surface area (TPSA) is 90.8 Å². The summed E-state index contributed by atoms with van der Waals surface area (Å²) in [5, 5.41) is 4.71. The highest BCUT2D eigenvalue weighted by Crippen LogP contribution is 2.41. The van der Waals surface area contributed by atoms with Crippen molar-refractivity contribution in [3.05, 3.63) is 41.9 Å². The minimum Gasteiger partial charge on any atom is -0.383 e. The summed E-state index contributed by atoms with van der Waals surface area (Å²) in [6, 6.07) is 7.59. The van der Waals surface area contributed by atoms with Gasteiger partial charge < -0.3 is 15.6 Å². The molecular formula is C21H18N6O. The number of hydrogen-bond donors (Lipinski definition) is 2. The van der Waals surface area contributed by atoms with E-state index >= 15 is 0 Å². The van der Waals surface area contributed by atoms with Crippen LogP contribution < -0.4 is 11.1 Å². The average molecular weight is 370 g/mol. The first kappa shape index (κ1) is 16.4. The molecule has 1 amide bonds. The Bertz CT molecular complexity index is 1330. The first-order valence-electron chi connectivity index (χ1n) is 9.05. The molecule has 138 valence electrons. The van der Waals surface area contributed by atoms with Gasteiger partial charge in [-0.05, 0) is 32.0 Å². The zero-order chi connectivity index (χ0) is 19.6. The van der Waals surface area contributed by atoms with Crippen molar-refractivity contribution < 1.29 is 4.79 Å². The first-order chi connectivity index (χ1) is 13.5. The van der Waals surface area contributed by atoms with Crippen LogP contribution in [0.3, 0.4) is 0 Å². The molecule has 4 heterocycles. The summed E-state index contributed by atoms with van der Waals surface area (Å²) in [4.78, 5) is 21.7. The number of anilines is 1. The molecular weight excluding hydrogens is 352 g/mol. The molecule has 3 aromatic heterocycles. The van der Waals surface area contributed by atoms with Gasteiger partial charge in [0.05, 0.1) is 23.1 Å². The summed E-state index contributed by atoms with van der Waals surface area (Å²) in [5.41, 5.74) is 11.1. The lowest BCUT2D eigenvalue weighted by Crippen LogP contribution is -2.27. The third-order valence-corrected chi connectivity index (χ3v) is 5.27. The first-order valence-corrected chi connectivity index (χ1v) is 9.05. The standard InChI is InChI=1S/C21H18N6O/c1-4-12-5-6-13-8-15-17-16(9-23-21(28)27(15)14(13)7-12)26(11(2)3)20-18(17)19(22)24-10-25-20/h1,5-8,10-11H,9H2,2-3H3,(H,23,28)(H2,22,24,25). The second-order valence-corrected chi connectivity index (χ2v) is 7.18. The van der Waals surface area contributed by atoms with Crippen LogP contribution in [0.15, 0.2) is 30.6 Å². The Kier molecular flexibility index (Phi) is 3.28. The van der Waals surface area contributed by atoms with E-state index in [4.69, 9.17) is 12.2 Å². The van der Waals surface area contributed by atoms with E-state index in [1.807, 2.05) is 24.3 Å². The molecule has 5 rings (SSSR count). The second-order valence-electron chi connectivity index (χ2n) is 7.18. The Morgan fingerprint density at radius 3 is 2.86 bits per heavy atom. The lowest BCUT2D eigenvalue weighted by molar-refractivity contribution is 0.243. The molecule has 0 fully saturated rings. The number of fused-ring (bicyclic) bond motifs is 7. The number of nitrogens with zero attached hydrogens (tertiary/aromatic N) is 4. The van der Waals surface area contributed by atoms with Crippen molar-refractivity contribution in [2.75, 3.05) is 5.73 Å². The predicted molar refractivity (Wildman–Crippen MR) is 109 cm³/mol. The summed E-state index contributed by atoms with van der Waals surface area (Å²) >= 11 is 0. The maximum Gasteiger partial charge on any atom is 0.326 e. The third kappa shape index (κ3) is 2.03. The van der Waals surface area contributed by atoms with Gasteiger partial charge in [-0.25, -0.2) is 14.8 Å². The Morgan fingerprint density at radius 2 is 2.11 bits per heavy atom. The highest BCUT2D eigenvalue weighted by molar-refractivity contribution is 6.08. The van der Waals surface area contributed by atoms with Gasteiger partial charge in [0.2, 0.25) is 0 Å². The minimum atomic E-state index is -0.200. The van der Waals surface area contributed by atoms with E-state index in [9.17, 15) is 4.79 Å². The quantitative estimate of drug-likeness (QED) is 0.503. The number of rotatable bonds is 1. The van der Waals surface area contributed by atoms with Crippen LogP contribution in [0.4, 0.5) is 10.6 Å². The molecule has 0 radical (unpaired) electrons. The molecule has 0 atom stereocenters. The van der Waals surface area contributed by atoms with Gasteiger partial charge in [-0.3, -0.25) is 4.57 Å². The summed E-state index contributed by atoms with van der Waals surface area (Å²) in [5.74, 6) is 3.03. The summed E-state index contributed by atoms with van der Waals surface area (Å²) < 4.78 is 3.78. The summed E-state index contributed by atoms with van der Waals surface area (Å²) in [7, 11) is 0. The lowest BCUT2D eigenvalue weighted by atomic mass is 10.1. The van der Waals surface area contributed by atoms with Gasteiger partial charge in [0, 0.05) is 28.2 Å². The van der Waals surface area contributed by atoms with Crippen LogP contribution in [0, 0.1) is 12.3 Å². The van der Waals surface area contributed by atoms with E-state index < -0.39 is 0 Å². The number of amides is 1. The number of nitrogen functional groups attached to an aromatic ring is 1. The number of carbonyl (C=O) groups excluding carboxylic acids is 1. The Hall–Kier alpha value is -3.79. The van der Waals surface area contributed by atoms with Crippen LogP contribution in [-0.4, -0.2) is 25.1 Å². The number of nitrogens with one attached hydrogen (secondary N) is 1. The third-order valence-electron chi connectivity index (χ3n) is 5.27. The zero-order valence-corrected chi connectivity index (χ0v) is 15.5. The molecule has 0 saturated heterocycles. The zero-order valence-electron chi connectivity index (χ0n) is 15.5. The number of aromatic nitrogens is 4. The van der Waals surface area contributed by atoms with Crippen molar-refractivity contribution in [3.63, 3.8) is 0 Å². The number of terminal acetylenes is 1. The van der Waals surface area contributed by atoms with E-state index in [-0.39, 0.29) is 12.1 Å². The Balaban J connectivity index is 1.98. The lowest BCUT2D eigenvalue weighted by Gasteiger charge is -2.14. The van der Waals surface area contributed by atoms with Gasteiger partial charge in [-0.1, -0.05) is 12.0 Å². The number of benzene rings is 1. The average Bonchev–Trinajstić information content (AvgIpc) is 3.17. The summed E-state index contributed by atoms with van der Waals surface area (Å²) in [6.45, 7) is 4.54. The van der Waals surface area contributed by atoms with E-state index in [1.54, 1.807) is 4.57 Å². The van der Waals surface area contributed by atoms with Gasteiger partial charge in [-0.15, -0.1) is 6.42 Å². The smallest absolute Gasteiger partial charge is 0.326 e. The largest absolute Gasteiger partial charge is 0.383 e. The molecule has 0 saturated carbocycles. The molecule has 7 nitrogen and oxygen atoms in total. The fourth-order valence-corrected chi connectivity index (χ4v) is 4.14. The van der Waals surface area contributed by atoms with Crippen LogP contribution >= 0.6 is 0 Å². The molecule has 0 unspecified atom stereocenters. The number of hydrogen-bond acceptors (Lipinski definition) is 4. The predicted octanol–water partition coefficient (Wildman–Crippen LogP) is 3.27. The van der Waals surface area contributed by atoms with Crippen molar-refractivity contribution in [3.8, 4) is 23.6 Å². The van der Waals surface area contributed by atoms with Gasteiger partial charge in [-0.2, -0.15) is 0 Å². The van der Waals surface area contributed by atoms with Crippen LogP contribution in [0.1, 0.15) is 31.1 Å². The Morgan fingerprint density at radius 1 is 1.29 bits per heavy atom. The molecule has 0 bridgehead atoms. The minimum absolute atomic E-state index is 0.140. The molecule has 1 aliphatic heterocycles.